The van der Waals surface area contributed by atoms with Gasteiger partial charge in [0, 0.05) is 18.1 Å². The average Bonchev–Trinajstić information content (AvgIpc) is 2.34. The Morgan fingerprint density at radius 2 is 1.88 bits per heavy atom. The van der Waals surface area contributed by atoms with Gasteiger partial charge in [-0.25, -0.2) is 0 Å². The molecule has 0 aromatic carbocycles. The number of likely N-dealkylation sites (N-methyl/N-ethyl adjacent to an activating group) is 1. The largest absolute Gasteiger partial charge is 0.329 e. The lowest BCUT2D eigenvalue weighted by Crippen LogP contribution is -2.63. The highest BCUT2D eigenvalue weighted by molar-refractivity contribution is 5.03. The zero-order chi connectivity index (χ0) is 12.5. The lowest BCUT2D eigenvalue weighted by molar-refractivity contribution is -0.0376. The smallest absolute Gasteiger partial charge is 0.0336 e. The fourth-order valence-corrected chi connectivity index (χ4v) is 3.85. The van der Waals surface area contributed by atoms with Gasteiger partial charge in [-0.15, -0.1) is 0 Å². The monoisotopic (exact) mass is 239 g/mol. The molecule has 0 amide bonds. The summed E-state index contributed by atoms with van der Waals surface area (Å²) in [6, 6.07) is 0.758. The highest BCUT2D eigenvalue weighted by Crippen LogP contribution is 2.42. The Kier molecular flexibility index (Phi) is 4.11. The fourth-order valence-electron chi connectivity index (χ4n) is 3.85. The van der Waals surface area contributed by atoms with Crippen molar-refractivity contribution in [2.75, 3.05) is 33.2 Å². The van der Waals surface area contributed by atoms with Crippen LogP contribution in [0.4, 0.5) is 0 Å². The maximum absolute atomic E-state index is 6.04. The molecule has 2 aliphatic rings. The van der Waals surface area contributed by atoms with Crippen molar-refractivity contribution >= 4 is 0 Å². The van der Waals surface area contributed by atoms with Crippen molar-refractivity contribution in [3.8, 4) is 0 Å². The second-order valence-electron chi connectivity index (χ2n) is 6.22. The third-order valence-electron chi connectivity index (χ3n) is 5.14. The summed E-state index contributed by atoms with van der Waals surface area (Å²) in [4.78, 5) is 5.18. The first-order chi connectivity index (χ1) is 8.11. The van der Waals surface area contributed by atoms with Gasteiger partial charge in [-0.05, 0) is 58.3 Å². The maximum Gasteiger partial charge on any atom is 0.0336 e. The van der Waals surface area contributed by atoms with E-state index in [1.54, 1.807) is 0 Å². The zero-order valence-corrected chi connectivity index (χ0v) is 11.8. The SMILES string of the molecule is CCN1CCC(N(C)C2(CN)CC(C)C2)CC1. The summed E-state index contributed by atoms with van der Waals surface area (Å²) in [7, 11) is 2.31. The van der Waals surface area contributed by atoms with Gasteiger partial charge in [0.15, 0.2) is 0 Å². The van der Waals surface area contributed by atoms with Gasteiger partial charge in [-0.2, -0.15) is 0 Å². The van der Waals surface area contributed by atoms with Gasteiger partial charge in [-0.3, -0.25) is 4.90 Å². The molecule has 1 aliphatic carbocycles. The third kappa shape index (κ3) is 2.51. The summed E-state index contributed by atoms with van der Waals surface area (Å²) in [6.07, 6.45) is 5.24. The van der Waals surface area contributed by atoms with Crippen LogP contribution < -0.4 is 5.73 Å². The molecule has 1 saturated heterocycles. The number of hydrogen-bond donors (Lipinski definition) is 1. The molecule has 0 unspecified atom stereocenters. The van der Waals surface area contributed by atoms with Gasteiger partial charge in [0.1, 0.15) is 0 Å². The predicted molar refractivity (Wildman–Crippen MR) is 73.1 cm³/mol. The highest BCUT2D eigenvalue weighted by atomic mass is 15.2. The molecular formula is C14H29N3. The van der Waals surface area contributed by atoms with Gasteiger partial charge in [0.05, 0.1) is 0 Å². The van der Waals surface area contributed by atoms with Crippen LogP contribution in [0.1, 0.15) is 39.5 Å². The highest BCUT2D eigenvalue weighted by Gasteiger charge is 2.46. The molecule has 2 fully saturated rings. The molecule has 0 atom stereocenters. The number of rotatable bonds is 4. The van der Waals surface area contributed by atoms with Crippen LogP contribution in [-0.2, 0) is 0 Å². The number of nitrogens with zero attached hydrogens (tertiary/aromatic N) is 2. The molecule has 0 aromatic heterocycles. The summed E-state index contributed by atoms with van der Waals surface area (Å²) in [5.41, 5.74) is 6.37. The van der Waals surface area contributed by atoms with Crippen LogP contribution in [0.3, 0.4) is 0 Å². The Hall–Kier alpha value is -0.120. The molecule has 3 nitrogen and oxygen atoms in total. The van der Waals surface area contributed by atoms with Crippen LogP contribution in [0.25, 0.3) is 0 Å². The first-order valence-electron chi connectivity index (χ1n) is 7.26. The lowest BCUT2D eigenvalue weighted by Gasteiger charge is -2.55. The Morgan fingerprint density at radius 1 is 1.29 bits per heavy atom. The van der Waals surface area contributed by atoms with Gasteiger partial charge in [0.2, 0.25) is 0 Å². The van der Waals surface area contributed by atoms with E-state index in [4.69, 9.17) is 5.73 Å². The first kappa shape index (κ1) is 13.3. The van der Waals surface area contributed by atoms with Crippen LogP contribution in [0, 0.1) is 5.92 Å². The fraction of sp³-hybridized carbons (Fsp3) is 1.00. The second-order valence-corrected chi connectivity index (χ2v) is 6.22. The molecule has 3 heteroatoms. The molecular weight excluding hydrogens is 210 g/mol. The topological polar surface area (TPSA) is 32.5 Å². The van der Waals surface area contributed by atoms with Gasteiger partial charge in [0.25, 0.3) is 0 Å². The van der Waals surface area contributed by atoms with Crippen molar-refractivity contribution in [1.29, 1.82) is 0 Å². The van der Waals surface area contributed by atoms with E-state index in [-0.39, 0.29) is 0 Å². The second kappa shape index (κ2) is 5.25. The van der Waals surface area contributed by atoms with Crippen LogP contribution in [-0.4, -0.2) is 54.6 Å². The van der Waals surface area contributed by atoms with E-state index in [0.717, 1.165) is 18.5 Å². The molecule has 0 radical (unpaired) electrons. The van der Waals surface area contributed by atoms with Crippen molar-refractivity contribution in [1.82, 2.24) is 9.80 Å². The van der Waals surface area contributed by atoms with E-state index in [2.05, 4.69) is 30.7 Å². The minimum absolute atomic E-state index is 0.332. The van der Waals surface area contributed by atoms with E-state index >= 15 is 0 Å². The van der Waals surface area contributed by atoms with Crippen molar-refractivity contribution < 1.29 is 0 Å². The molecule has 0 spiro atoms. The summed E-state index contributed by atoms with van der Waals surface area (Å²) in [6.45, 7) is 9.18. The van der Waals surface area contributed by atoms with Gasteiger partial charge in [-0.1, -0.05) is 13.8 Å². The minimum atomic E-state index is 0.332. The number of piperidine rings is 1. The average molecular weight is 239 g/mol. The molecule has 17 heavy (non-hydrogen) atoms. The lowest BCUT2D eigenvalue weighted by atomic mass is 9.67. The van der Waals surface area contributed by atoms with Crippen molar-refractivity contribution in [3.63, 3.8) is 0 Å². The van der Waals surface area contributed by atoms with Gasteiger partial charge >= 0.3 is 0 Å². The standard InChI is InChI=1S/C14H29N3/c1-4-17-7-5-13(6-8-17)16(3)14(11-15)9-12(2)10-14/h12-13H,4-11,15H2,1-3H3. The molecule has 1 heterocycles. The maximum atomic E-state index is 6.04. The van der Waals surface area contributed by atoms with E-state index in [0.29, 0.717) is 5.54 Å². The van der Waals surface area contributed by atoms with Crippen molar-refractivity contribution in [2.45, 2.75) is 51.1 Å². The van der Waals surface area contributed by atoms with E-state index in [1.807, 2.05) is 0 Å². The van der Waals surface area contributed by atoms with E-state index < -0.39 is 0 Å². The van der Waals surface area contributed by atoms with E-state index in [1.165, 1.54) is 45.3 Å². The van der Waals surface area contributed by atoms with Gasteiger partial charge < -0.3 is 10.6 Å². The van der Waals surface area contributed by atoms with E-state index in [9.17, 15) is 0 Å². The molecule has 0 bridgehead atoms. The summed E-state index contributed by atoms with van der Waals surface area (Å²) in [5, 5.41) is 0. The molecule has 1 aliphatic heterocycles. The summed E-state index contributed by atoms with van der Waals surface area (Å²) >= 11 is 0. The molecule has 1 saturated carbocycles. The number of nitrogens with two attached hydrogens (primary N) is 1. The van der Waals surface area contributed by atoms with Crippen LogP contribution in [0.5, 0.6) is 0 Å². The quantitative estimate of drug-likeness (QED) is 0.807. The Labute approximate surface area is 106 Å². The molecule has 0 aromatic rings. The van der Waals surface area contributed by atoms with Crippen molar-refractivity contribution in [3.05, 3.63) is 0 Å². The Morgan fingerprint density at radius 3 is 2.29 bits per heavy atom. The predicted octanol–water partition coefficient (Wildman–Crippen LogP) is 1.53. The van der Waals surface area contributed by atoms with Crippen molar-refractivity contribution in [2.24, 2.45) is 11.7 Å². The minimum Gasteiger partial charge on any atom is -0.329 e. The number of hydrogen-bond acceptors (Lipinski definition) is 3. The Balaban J connectivity index is 1.90. The summed E-state index contributed by atoms with van der Waals surface area (Å²) in [5.74, 6) is 0.872. The zero-order valence-electron chi connectivity index (χ0n) is 11.8. The molecule has 2 rings (SSSR count). The first-order valence-corrected chi connectivity index (χ1v) is 7.26. The van der Waals surface area contributed by atoms with Crippen LogP contribution in [0.2, 0.25) is 0 Å². The Bertz CT molecular complexity index is 240. The molecule has 2 N–H and O–H groups in total. The van der Waals surface area contributed by atoms with Crippen LogP contribution >= 0.6 is 0 Å². The van der Waals surface area contributed by atoms with Crippen LogP contribution in [0.15, 0.2) is 0 Å². The molecule has 100 valence electrons. The normalized spacial score (nSPS) is 36.2. The third-order valence-corrected chi connectivity index (χ3v) is 5.14. The summed E-state index contributed by atoms with van der Waals surface area (Å²) < 4.78 is 0. The number of likely N-dealkylation sites (tertiary alicyclic amines) is 1.